The average molecular weight is 244 g/mol. The van der Waals surface area contributed by atoms with Crippen LogP contribution in [-0.2, 0) is 0 Å². The monoisotopic (exact) mass is 243 g/mol. The van der Waals surface area contributed by atoms with Gasteiger partial charge in [0, 0.05) is 6.54 Å². The molecule has 0 saturated heterocycles. The maximum Gasteiger partial charge on any atom is 0.138 e. The van der Waals surface area contributed by atoms with Gasteiger partial charge in [-0.1, -0.05) is 11.6 Å². The Morgan fingerprint density at radius 3 is 2.94 bits per heavy atom. The SMILES string of the molecule is Fc1ccc(OCCNCC2CC2)c(Cl)c1. The molecule has 2 rings (SSSR count). The van der Waals surface area contributed by atoms with Crippen LogP contribution in [0, 0.1) is 11.7 Å². The van der Waals surface area contributed by atoms with E-state index in [1.165, 1.54) is 25.0 Å². The van der Waals surface area contributed by atoms with Gasteiger partial charge in [0.15, 0.2) is 0 Å². The van der Waals surface area contributed by atoms with Gasteiger partial charge in [-0.05, 0) is 43.5 Å². The van der Waals surface area contributed by atoms with E-state index < -0.39 is 0 Å². The van der Waals surface area contributed by atoms with E-state index in [1.54, 1.807) is 6.07 Å². The molecule has 1 N–H and O–H groups in total. The van der Waals surface area contributed by atoms with E-state index >= 15 is 0 Å². The molecule has 0 heterocycles. The summed E-state index contributed by atoms with van der Waals surface area (Å²) in [6.07, 6.45) is 2.69. The molecule has 1 aromatic carbocycles. The van der Waals surface area contributed by atoms with Gasteiger partial charge in [0.2, 0.25) is 0 Å². The van der Waals surface area contributed by atoms with Gasteiger partial charge in [-0.2, -0.15) is 0 Å². The van der Waals surface area contributed by atoms with Gasteiger partial charge in [0.1, 0.15) is 18.2 Å². The Balaban J connectivity index is 1.67. The minimum absolute atomic E-state index is 0.321. The number of benzene rings is 1. The summed E-state index contributed by atoms with van der Waals surface area (Å²) < 4.78 is 18.2. The Hall–Kier alpha value is -0.800. The first-order chi connectivity index (χ1) is 7.75. The maximum absolute atomic E-state index is 12.7. The van der Waals surface area contributed by atoms with Crippen LogP contribution in [0.3, 0.4) is 0 Å². The van der Waals surface area contributed by atoms with Crippen molar-refractivity contribution in [1.29, 1.82) is 0 Å². The second-order valence-corrected chi connectivity index (χ2v) is 4.48. The summed E-state index contributed by atoms with van der Waals surface area (Å²) >= 11 is 5.82. The first-order valence-corrected chi connectivity index (χ1v) is 5.92. The molecule has 0 aromatic heterocycles. The molecule has 0 radical (unpaired) electrons. The third-order valence-corrected chi connectivity index (χ3v) is 2.86. The van der Waals surface area contributed by atoms with Crippen molar-refractivity contribution in [3.8, 4) is 5.75 Å². The molecule has 0 amide bonds. The fourth-order valence-electron chi connectivity index (χ4n) is 1.45. The maximum atomic E-state index is 12.7. The second kappa shape index (κ2) is 5.51. The highest BCUT2D eigenvalue weighted by Crippen LogP contribution is 2.27. The molecule has 0 aliphatic heterocycles. The first-order valence-electron chi connectivity index (χ1n) is 5.54. The van der Waals surface area contributed by atoms with Crippen molar-refractivity contribution in [1.82, 2.24) is 5.32 Å². The Bertz CT molecular complexity index is 355. The molecule has 1 aliphatic carbocycles. The molecule has 0 atom stereocenters. The van der Waals surface area contributed by atoms with Crippen molar-refractivity contribution < 1.29 is 9.13 Å². The molecular formula is C12H15ClFNO. The van der Waals surface area contributed by atoms with Gasteiger partial charge < -0.3 is 10.1 Å². The molecule has 1 aliphatic rings. The van der Waals surface area contributed by atoms with E-state index in [0.29, 0.717) is 17.4 Å². The molecule has 0 spiro atoms. The van der Waals surface area contributed by atoms with E-state index in [2.05, 4.69) is 5.32 Å². The Morgan fingerprint density at radius 1 is 1.44 bits per heavy atom. The third-order valence-electron chi connectivity index (χ3n) is 2.56. The van der Waals surface area contributed by atoms with Crippen LogP contribution in [0.25, 0.3) is 0 Å². The lowest BCUT2D eigenvalue weighted by atomic mass is 10.3. The van der Waals surface area contributed by atoms with Gasteiger partial charge in [0.25, 0.3) is 0 Å². The highest BCUT2D eigenvalue weighted by atomic mass is 35.5. The predicted molar refractivity (Wildman–Crippen MR) is 62.5 cm³/mol. The molecular weight excluding hydrogens is 229 g/mol. The number of nitrogens with one attached hydrogen (secondary N) is 1. The van der Waals surface area contributed by atoms with E-state index in [4.69, 9.17) is 16.3 Å². The normalized spacial score (nSPS) is 15.1. The van der Waals surface area contributed by atoms with Crippen molar-refractivity contribution in [2.24, 2.45) is 5.92 Å². The van der Waals surface area contributed by atoms with Gasteiger partial charge >= 0.3 is 0 Å². The van der Waals surface area contributed by atoms with Crippen LogP contribution in [0.5, 0.6) is 5.75 Å². The summed E-state index contributed by atoms with van der Waals surface area (Å²) in [4.78, 5) is 0. The van der Waals surface area contributed by atoms with E-state index in [1.807, 2.05) is 0 Å². The van der Waals surface area contributed by atoms with Crippen molar-refractivity contribution in [2.45, 2.75) is 12.8 Å². The largest absolute Gasteiger partial charge is 0.491 e. The standard InChI is InChI=1S/C12H15ClFNO/c13-11-7-10(14)3-4-12(11)16-6-5-15-8-9-1-2-9/h3-4,7,9,15H,1-2,5-6,8H2. The zero-order chi connectivity index (χ0) is 11.4. The fraction of sp³-hybridized carbons (Fsp3) is 0.500. The topological polar surface area (TPSA) is 21.3 Å². The zero-order valence-electron chi connectivity index (χ0n) is 9.01. The summed E-state index contributed by atoms with van der Waals surface area (Å²) in [7, 11) is 0. The molecule has 1 saturated carbocycles. The van der Waals surface area contributed by atoms with E-state index in [-0.39, 0.29) is 5.82 Å². The number of hydrogen-bond acceptors (Lipinski definition) is 2. The lowest BCUT2D eigenvalue weighted by molar-refractivity contribution is 0.313. The van der Waals surface area contributed by atoms with Gasteiger partial charge in [-0.25, -0.2) is 4.39 Å². The minimum Gasteiger partial charge on any atom is -0.491 e. The molecule has 0 unspecified atom stereocenters. The highest BCUT2D eigenvalue weighted by Gasteiger charge is 2.19. The zero-order valence-corrected chi connectivity index (χ0v) is 9.77. The Kier molecular flexibility index (Phi) is 4.02. The van der Waals surface area contributed by atoms with Gasteiger partial charge in [-0.15, -0.1) is 0 Å². The summed E-state index contributed by atoms with van der Waals surface area (Å²) in [6.45, 7) is 2.42. The molecule has 1 fully saturated rings. The summed E-state index contributed by atoms with van der Waals surface area (Å²) in [5.74, 6) is 1.06. The van der Waals surface area contributed by atoms with Crippen LogP contribution in [-0.4, -0.2) is 19.7 Å². The van der Waals surface area contributed by atoms with Crippen LogP contribution in [0.4, 0.5) is 4.39 Å². The number of ether oxygens (including phenoxy) is 1. The lowest BCUT2D eigenvalue weighted by Gasteiger charge is -2.08. The summed E-state index contributed by atoms with van der Waals surface area (Å²) in [5, 5.41) is 3.63. The first kappa shape index (κ1) is 11.7. The molecule has 88 valence electrons. The van der Waals surface area contributed by atoms with Crippen LogP contribution in [0.15, 0.2) is 18.2 Å². The number of hydrogen-bond donors (Lipinski definition) is 1. The number of rotatable bonds is 6. The molecule has 2 nitrogen and oxygen atoms in total. The van der Waals surface area contributed by atoms with Crippen LogP contribution < -0.4 is 10.1 Å². The summed E-state index contributed by atoms with van der Waals surface area (Å²) in [5.41, 5.74) is 0. The molecule has 0 bridgehead atoms. The highest BCUT2D eigenvalue weighted by molar-refractivity contribution is 6.32. The lowest BCUT2D eigenvalue weighted by Crippen LogP contribution is -2.23. The van der Waals surface area contributed by atoms with Crippen LogP contribution in [0.2, 0.25) is 5.02 Å². The molecule has 4 heteroatoms. The van der Waals surface area contributed by atoms with Gasteiger partial charge in [-0.3, -0.25) is 0 Å². The van der Waals surface area contributed by atoms with Crippen LogP contribution >= 0.6 is 11.6 Å². The van der Waals surface area contributed by atoms with Crippen molar-refractivity contribution in [3.05, 3.63) is 29.0 Å². The van der Waals surface area contributed by atoms with Gasteiger partial charge in [0.05, 0.1) is 5.02 Å². The Morgan fingerprint density at radius 2 is 2.25 bits per heavy atom. The minimum atomic E-state index is -0.343. The predicted octanol–water partition coefficient (Wildman–Crippen LogP) is 2.86. The third kappa shape index (κ3) is 3.65. The Labute approximate surface area is 99.7 Å². The van der Waals surface area contributed by atoms with Crippen LogP contribution in [0.1, 0.15) is 12.8 Å². The van der Waals surface area contributed by atoms with E-state index in [0.717, 1.165) is 19.0 Å². The van der Waals surface area contributed by atoms with Crippen molar-refractivity contribution >= 4 is 11.6 Å². The van der Waals surface area contributed by atoms with Crippen molar-refractivity contribution in [3.63, 3.8) is 0 Å². The smallest absolute Gasteiger partial charge is 0.138 e. The number of halogens is 2. The van der Waals surface area contributed by atoms with E-state index in [9.17, 15) is 4.39 Å². The quantitative estimate of drug-likeness (QED) is 0.776. The van der Waals surface area contributed by atoms with Crippen molar-refractivity contribution in [2.75, 3.05) is 19.7 Å². The summed E-state index contributed by atoms with van der Waals surface area (Å²) in [6, 6.07) is 4.16. The molecule has 1 aromatic rings. The second-order valence-electron chi connectivity index (χ2n) is 4.07. The average Bonchev–Trinajstić information content (AvgIpc) is 3.04. The fourth-order valence-corrected chi connectivity index (χ4v) is 1.68. The molecule has 16 heavy (non-hydrogen) atoms.